The first-order chi connectivity index (χ1) is 8.28. The van der Waals surface area contributed by atoms with Gasteiger partial charge in [-0.2, -0.15) is 5.10 Å². The molecule has 0 aromatic carbocycles. The second kappa shape index (κ2) is 6.06. The largest absolute Gasteiger partial charge is 0.268 e. The predicted molar refractivity (Wildman–Crippen MR) is 74.9 cm³/mol. The maximum Gasteiger partial charge on any atom is 0.152 e. The van der Waals surface area contributed by atoms with E-state index in [-0.39, 0.29) is 16.9 Å². The summed E-state index contributed by atoms with van der Waals surface area (Å²) in [7, 11) is -2.96. The van der Waals surface area contributed by atoms with Gasteiger partial charge < -0.3 is 0 Å². The molecule has 0 saturated carbocycles. The first-order valence-electron chi connectivity index (χ1n) is 6.17. The van der Waals surface area contributed by atoms with Crippen LogP contribution in [-0.4, -0.2) is 29.7 Å². The number of halogens is 1. The van der Waals surface area contributed by atoms with E-state index in [4.69, 9.17) is 11.6 Å². The molecule has 0 saturated heterocycles. The Morgan fingerprint density at radius 3 is 2.39 bits per heavy atom. The number of aromatic nitrogens is 2. The minimum Gasteiger partial charge on any atom is -0.268 e. The molecule has 1 atom stereocenters. The molecule has 4 nitrogen and oxygen atoms in total. The Bertz CT molecular complexity index is 506. The number of hydrogen-bond acceptors (Lipinski definition) is 3. The van der Waals surface area contributed by atoms with Crippen molar-refractivity contribution < 1.29 is 8.42 Å². The van der Waals surface area contributed by atoms with Crippen LogP contribution in [0.25, 0.3) is 0 Å². The van der Waals surface area contributed by atoms with Crippen LogP contribution >= 0.6 is 11.6 Å². The van der Waals surface area contributed by atoms with E-state index in [0.29, 0.717) is 13.0 Å². The Labute approximate surface area is 114 Å². The third-order valence-electron chi connectivity index (χ3n) is 2.96. The molecule has 0 aliphatic rings. The molecule has 18 heavy (non-hydrogen) atoms. The molecule has 104 valence electrons. The fraction of sp³-hybridized carbons (Fsp3) is 0.750. The first-order valence-corrected chi connectivity index (χ1v) is 8.42. The molecule has 0 amide bonds. The maximum atomic E-state index is 11.7. The van der Waals surface area contributed by atoms with Crippen LogP contribution in [0, 0.1) is 13.8 Å². The third kappa shape index (κ3) is 3.72. The van der Waals surface area contributed by atoms with E-state index in [9.17, 15) is 8.42 Å². The fourth-order valence-electron chi connectivity index (χ4n) is 2.14. The normalized spacial score (nSPS) is 13.8. The lowest BCUT2D eigenvalue weighted by molar-refractivity contribution is 0.575. The predicted octanol–water partition coefficient (Wildman–Crippen LogP) is 2.62. The first kappa shape index (κ1) is 15.5. The van der Waals surface area contributed by atoms with Gasteiger partial charge in [-0.05, 0) is 27.2 Å². The molecule has 1 aromatic heterocycles. The highest BCUT2D eigenvalue weighted by Crippen LogP contribution is 2.26. The summed E-state index contributed by atoms with van der Waals surface area (Å²) in [5.41, 5.74) is 2.84. The number of alkyl halides is 1. The van der Waals surface area contributed by atoms with Gasteiger partial charge in [-0.15, -0.1) is 11.6 Å². The second-order valence-electron chi connectivity index (χ2n) is 4.58. The highest BCUT2D eigenvalue weighted by atomic mass is 35.5. The molecule has 0 radical (unpaired) electrons. The highest BCUT2D eigenvalue weighted by Gasteiger charge is 2.17. The van der Waals surface area contributed by atoms with Gasteiger partial charge in [0.05, 0.1) is 23.4 Å². The molecule has 6 heteroatoms. The topological polar surface area (TPSA) is 52.0 Å². The van der Waals surface area contributed by atoms with E-state index in [1.165, 1.54) is 0 Å². The lowest BCUT2D eigenvalue weighted by atomic mass is 10.1. The lowest BCUT2D eigenvalue weighted by Gasteiger charge is -2.07. The summed E-state index contributed by atoms with van der Waals surface area (Å²) in [6.45, 7) is 8.00. The molecule has 1 rings (SSSR count). The molecule has 0 fully saturated rings. The standard InChI is InChI=1S/C12H21ClN2O2S/c1-5-7-18(16,17)8-6-15-11(4)12(9(2)13)10(3)14-15/h9H,5-8H2,1-4H3. The molecule has 0 N–H and O–H groups in total. The van der Waals surface area contributed by atoms with Crippen LogP contribution < -0.4 is 0 Å². The lowest BCUT2D eigenvalue weighted by Crippen LogP contribution is -2.17. The van der Waals surface area contributed by atoms with Crippen LogP contribution in [0.2, 0.25) is 0 Å². The number of rotatable bonds is 6. The minimum absolute atomic E-state index is 0.106. The van der Waals surface area contributed by atoms with Gasteiger partial charge in [0, 0.05) is 17.0 Å². The number of nitrogens with zero attached hydrogens (tertiary/aromatic N) is 2. The van der Waals surface area contributed by atoms with Crippen molar-refractivity contribution in [1.29, 1.82) is 0 Å². The quantitative estimate of drug-likeness (QED) is 0.757. The van der Waals surface area contributed by atoms with Crippen LogP contribution in [0.15, 0.2) is 0 Å². The third-order valence-corrected chi connectivity index (χ3v) is 5.02. The zero-order valence-corrected chi connectivity index (χ0v) is 13.0. The molecular formula is C12H21ClN2O2S. The molecule has 1 unspecified atom stereocenters. The smallest absolute Gasteiger partial charge is 0.152 e. The summed E-state index contributed by atoms with van der Waals surface area (Å²) in [5, 5.41) is 4.26. The molecule has 0 aliphatic heterocycles. The molecule has 1 aromatic rings. The summed E-state index contributed by atoms with van der Waals surface area (Å²) in [6, 6.07) is 0. The Kier molecular flexibility index (Phi) is 5.22. The number of aryl methyl sites for hydroxylation is 2. The van der Waals surface area contributed by atoms with Gasteiger partial charge in [0.15, 0.2) is 9.84 Å². The molecule has 1 heterocycles. The monoisotopic (exact) mass is 292 g/mol. The van der Waals surface area contributed by atoms with Crippen LogP contribution in [0.1, 0.15) is 42.6 Å². The van der Waals surface area contributed by atoms with E-state index in [1.807, 2.05) is 27.7 Å². The van der Waals surface area contributed by atoms with Crippen LogP contribution in [0.4, 0.5) is 0 Å². The fourth-order valence-corrected chi connectivity index (χ4v) is 3.74. The van der Waals surface area contributed by atoms with Crippen molar-refractivity contribution in [3.8, 4) is 0 Å². The van der Waals surface area contributed by atoms with Crippen molar-refractivity contribution in [2.45, 2.75) is 46.0 Å². The van der Waals surface area contributed by atoms with E-state index in [0.717, 1.165) is 17.0 Å². The van der Waals surface area contributed by atoms with Gasteiger partial charge in [-0.1, -0.05) is 6.92 Å². The molecular weight excluding hydrogens is 272 g/mol. The van der Waals surface area contributed by atoms with Crippen molar-refractivity contribution in [3.05, 3.63) is 17.0 Å². The Morgan fingerprint density at radius 2 is 1.94 bits per heavy atom. The van der Waals surface area contributed by atoms with Crippen LogP contribution in [0.5, 0.6) is 0 Å². The summed E-state index contributed by atoms with van der Waals surface area (Å²) >= 11 is 6.10. The summed E-state index contributed by atoms with van der Waals surface area (Å²) in [4.78, 5) is 0. The van der Waals surface area contributed by atoms with E-state index >= 15 is 0 Å². The summed E-state index contributed by atoms with van der Waals surface area (Å²) in [5.74, 6) is 0.379. The van der Waals surface area contributed by atoms with Crippen molar-refractivity contribution in [3.63, 3.8) is 0 Å². The zero-order chi connectivity index (χ0) is 13.9. The summed E-state index contributed by atoms with van der Waals surface area (Å²) < 4.78 is 25.1. The van der Waals surface area contributed by atoms with Crippen LogP contribution in [-0.2, 0) is 16.4 Å². The van der Waals surface area contributed by atoms with E-state index in [2.05, 4.69) is 5.10 Å². The Hall–Kier alpha value is -0.550. The molecule has 0 spiro atoms. The molecule has 0 bridgehead atoms. The number of hydrogen-bond donors (Lipinski definition) is 0. The van der Waals surface area contributed by atoms with Crippen LogP contribution in [0.3, 0.4) is 0 Å². The summed E-state index contributed by atoms with van der Waals surface area (Å²) in [6.07, 6.45) is 0.656. The number of sulfone groups is 1. The second-order valence-corrected chi connectivity index (χ2v) is 7.53. The van der Waals surface area contributed by atoms with Crippen molar-refractivity contribution in [2.75, 3.05) is 11.5 Å². The average molecular weight is 293 g/mol. The Morgan fingerprint density at radius 1 is 1.33 bits per heavy atom. The Balaban J connectivity index is 2.84. The minimum atomic E-state index is -2.96. The maximum absolute atomic E-state index is 11.7. The van der Waals surface area contributed by atoms with Crippen molar-refractivity contribution in [1.82, 2.24) is 9.78 Å². The SMILES string of the molecule is CCCS(=O)(=O)CCn1nc(C)c(C(C)Cl)c1C. The average Bonchev–Trinajstić information content (AvgIpc) is 2.51. The van der Waals surface area contributed by atoms with Gasteiger partial charge in [0.2, 0.25) is 0 Å². The highest BCUT2D eigenvalue weighted by molar-refractivity contribution is 7.91. The van der Waals surface area contributed by atoms with E-state index < -0.39 is 9.84 Å². The van der Waals surface area contributed by atoms with Gasteiger partial charge in [-0.25, -0.2) is 8.42 Å². The van der Waals surface area contributed by atoms with Gasteiger partial charge in [0.25, 0.3) is 0 Å². The van der Waals surface area contributed by atoms with Gasteiger partial charge >= 0.3 is 0 Å². The molecule has 0 aliphatic carbocycles. The van der Waals surface area contributed by atoms with Crippen molar-refractivity contribution >= 4 is 21.4 Å². The van der Waals surface area contributed by atoms with Crippen molar-refractivity contribution in [2.24, 2.45) is 0 Å². The zero-order valence-electron chi connectivity index (χ0n) is 11.4. The van der Waals surface area contributed by atoms with Gasteiger partial charge in [0.1, 0.15) is 0 Å². The van der Waals surface area contributed by atoms with E-state index in [1.54, 1.807) is 4.68 Å². The van der Waals surface area contributed by atoms with Gasteiger partial charge in [-0.3, -0.25) is 4.68 Å².